The maximum Gasteiger partial charge on any atom is 0.134 e. The van der Waals surface area contributed by atoms with Gasteiger partial charge in [-0.05, 0) is 20.8 Å². The summed E-state index contributed by atoms with van der Waals surface area (Å²) in [6, 6.07) is 0. The molecule has 0 saturated carbocycles. The van der Waals surface area contributed by atoms with Gasteiger partial charge in [0, 0.05) is 12.6 Å². The molecule has 1 heterocycles. The summed E-state index contributed by atoms with van der Waals surface area (Å²) >= 11 is 0. The van der Waals surface area contributed by atoms with Gasteiger partial charge in [-0.15, -0.1) is 0 Å². The third-order valence-electron chi connectivity index (χ3n) is 2.13. The van der Waals surface area contributed by atoms with Crippen LogP contribution in [0.2, 0.25) is 0 Å². The van der Waals surface area contributed by atoms with Crippen molar-refractivity contribution in [3.8, 4) is 0 Å². The molecule has 1 aliphatic heterocycles. The van der Waals surface area contributed by atoms with Crippen molar-refractivity contribution in [2.75, 3.05) is 13.6 Å². The van der Waals surface area contributed by atoms with Gasteiger partial charge in [0.1, 0.15) is 5.82 Å². The SMILES string of the molecule is CN1C(N)=C(N)CN1C(C)(C)C. The van der Waals surface area contributed by atoms with Crippen LogP contribution in [0.3, 0.4) is 0 Å². The van der Waals surface area contributed by atoms with Crippen molar-refractivity contribution in [2.45, 2.75) is 26.3 Å². The van der Waals surface area contributed by atoms with Gasteiger partial charge in [-0.1, -0.05) is 0 Å². The first-order valence-corrected chi connectivity index (χ1v) is 4.09. The molecule has 12 heavy (non-hydrogen) atoms. The molecule has 70 valence electrons. The first-order valence-electron chi connectivity index (χ1n) is 4.09. The highest BCUT2D eigenvalue weighted by atomic mass is 15.7. The van der Waals surface area contributed by atoms with Crippen molar-refractivity contribution in [3.05, 3.63) is 11.5 Å². The Morgan fingerprint density at radius 3 is 1.92 bits per heavy atom. The first kappa shape index (κ1) is 9.19. The van der Waals surface area contributed by atoms with Gasteiger partial charge in [-0.2, -0.15) is 0 Å². The average Bonchev–Trinajstić information content (AvgIpc) is 2.15. The van der Waals surface area contributed by atoms with Crippen LogP contribution in [0.25, 0.3) is 0 Å². The molecule has 0 amide bonds. The lowest BCUT2D eigenvalue weighted by Gasteiger charge is -2.37. The summed E-state index contributed by atoms with van der Waals surface area (Å²) < 4.78 is 0. The third-order valence-corrected chi connectivity index (χ3v) is 2.13. The average molecular weight is 170 g/mol. The standard InChI is InChI=1S/C8H18N4/c1-8(2,3)12-5-6(9)7(10)11(12)4/h5,9-10H2,1-4H3. The van der Waals surface area contributed by atoms with Gasteiger partial charge in [0.15, 0.2) is 0 Å². The summed E-state index contributed by atoms with van der Waals surface area (Å²) in [6.45, 7) is 7.13. The summed E-state index contributed by atoms with van der Waals surface area (Å²) in [5.74, 6) is 0.671. The summed E-state index contributed by atoms with van der Waals surface area (Å²) in [4.78, 5) is 0. The molecule has 0 unspecified atom stereocenters. The lowest BCUT2D eigenvalue weighted by molar-refractivity contribution is -0.0202. The highest BCUT2D eigenvalue weighted by Gasteiger charge is 2.31. The van der Waals surface area contributed by atoms with E-state index in [9.17, 15) is 0 Å². The molecule has 4 heteroatoms. The maximum absolute atomic E-state index is 5.75. The van der Waals surface area contributed by atoms with Gasteiger partial charge in [0.25, 0.3) is 0 Å². The molecule has 0 bridgehead atoms. The van der Waals surface area contributed by atoms with Crippen molar-refractivity contribution >= 4 is 0 Å². The van der Waals surface area contributed by atoms with Crippen molar-refractivity contribution in [1.82, 2.24) is 10.0 Å². The van der Waals surface area contributed by atoms with E-state index in [-0.39, 0.29) is 5.54 Å². The Bertz CT molecular complexity index is 214. The summed E-state index contributed by atoms with van der Waals surface area (Å²) in [6.07, 6.45) is 0. The number of hydrazine groups is 1. The molecule has 1 aliphatic rings. The molecule has 0 atom stereocenters. The van der Waals surface area contributed by atoms with Gasteiger partial charge >= 0.3 is 0 Å². The molecule has 0 aromatic carbocycles. The van der Waals surface area contributed by atoms with Gasteiger partial charge in [-0.25, -0.2) is 5.01 Å². The van der Waals surface area contributed by atoms with Gasteiger partial charge in [0.05, 0.1) is 12.2 Å². The second-order valence-corrected chi connectivity index (χ2v) is 4.16. The second kappa shape index (κ2) is 2.55. The minimum absolute atomic E-state index is 0.0699. The maximum atomic E-state index is 5.75. The van der Waals surface area contributed by atoms with Gasteiger partial charge in [0.2, 0.25) is 0 Å². The highest BCUT2D eigenvalue weighted by molar-refractivity contribution is 5.13. The number of hydrogen-bond donors (Lipinski definition) is 2. The van der Waals surface area contributed by atoms with E-state index in [1.165, 1.54) is 0 Å². The van der Waals surface area contributed by atoms with E-state index >= 15 is 0 Å². The Balaban J connectivity index is 2.80. The van der Waals surface area contributed by atoms with Crippen LogP contribution in [0.5, 0.6) is 0 Å². The summed E-state index contributed by atoms with van der Waals surface area (Å²) in [7, 11) is 1.93. The van der Waals surface area contributed by atoms with Crippen LogP contribution >= 0.6 is 0 Å². The monoisotopic (exact) mass is 170 g/mol. The van der Waals surface area contributed by atoms with Crippen LogP contribution < -0.4 is 11.5 Å². The minimum atomic E-state index is 0.0699. The molecule has 0 aromatic heterocycles. The topological polar surface area (TPSA) is 58.5 Å². The normalized spacial score (nSPS) is 20.8. The Hall–Kier alpha value is -0.900. The van der Waals surface area contributed by atoms with Crippen molar-refractivity contribution in [1.29, 1.82) is 0 Å². The smallest absolute Gasteiger partial charge is 0.134 e. The predicted molar refractivity (Wildman–Crippen MR) is 49.6 cm³/mol. The highest BCUT2D eigenvalue weighted by Crippen LogP contribution is 2.23. The van der Waals surface area contributed by atoms with E-state index in [1.807, 2.05) is 12.1 Å². The zero-order valence-electron chi connectivity index (χ0n) is 8.26. The van der Waals surface area contributed by atoms with Crippen LogP contribution in [0.15, 0.2) is 11.5 Å². The van der Waals surface area contributed by atoms with E-state index in [2.05, 4.69) is 25.8 Å². The Labute approximate surface area is 73.8 Å². The Kier molecular flexibility index (Phi) is 1.96. The molecule has 4 nitrogen and oxygen atoms in total. The Morgan fingerprint density at radius 1 is 1.25 bits per heavy atom. The predicted octanol–water partition coefficient (Wildman–Crippen LogP) is 0.0338. The van der Waals surface area contributed by atoms with Crippen molar-refractivity contribution < 1.29 is 0 Å². The Morgan fingerprint density at radius 2 is 1.75 bits per heavy atom. The van der Waals surface area contributed by atoms with E-state index in [1.54, 1.807) is 0 Å². The first-order chi connectivity index (χ1) is 5.34. The fraction of sp³-hybridized carbons (Fsp3) is 0.750. The summed E-state index contributed by atoms with van der Waals surface area (Å²) in [5, 5.41) is 4.05. The van der Waals surface area contributed by atoms with Crippen LogP contribution in [-0.2, 0) is 0 Å². The fourth-order valence-corrected chi connectivity index (χ4v) is 1.37. The zero-order valence-corrected chi connectivity index (χ0v) is 8.26. The molecule has 0 saturated heterocycles. The van der Waals surface area contributed by atoms with Crippen LogP contribution in [-0.4, -0.2) is 29.1 Å². The zero-order chi connectivity index (χ0) is 9.52. The van der Waals surface area contributed by atoms with Gasteiger partial charge in [-0.3, -0.25) is 5.01 Å². The van der Waals surface area contributed by atoms with Crippen molar-refractivity contribution in [2.24, 2.45) is 11.5 Å². The third kappa shape index (κ3) is 1.34. The lowest BCUT2D eigenvalue weighted by atomic mass is 10.1. The minimum Gasteiger partial charge on any atom is -0.398 e. The van der Waals surface area contributed by atoms with Crippen LogP contribution in [0.4, 0.5) is 0 Å². The number of rotatable bonds is 0. The van der Waals surface area contributed by atoms with E-state index in [0.29, 0.717) is 5.82 Å². The second-order valence-electron chi connectivity index (χ2n) is 4.16. The summed E-state index contributed by atoms with van der Waals surface area (Å²) in [5.41, 5.74) is 12.3. The van der Waals surface area contributed by atoms with Crippen molar-refractivity contribution in [3.63, 3.8) is 0 Å². The molecule has 0 spiro atoms. The van der Waals surface area contributed by atoms with Crippen LogP contribution in [0.1, 0.15) is 20.8 Å². The number of hydrogen-bond acceptors (Lipinski definition) is 4. The quantitative estimate of drug-likeness (QED) is 0.538. The molecule has 4 N–H and O–H groups in total. The van der Waals surface area contributed by atoms with Crippen LogP contribution in [0, 0.1) is 0 Å². The van der Waals surface area contributed by atoms with E-state index in [4.69, 9.17) is 11.5 Å². The number of nitrogens with zero attached hydrogens (tertiary/aromatic N) is 2. The molecule has 0 aromatic rings. The fourth-order valence-electron chi connectivity index (χ4n) is 1.37. The molecule has 0 radical (unpaired) electrons. The number of nitrogens with two attached hydrogens (primary N) is 2. The molecular formula is C8H18N4. The lowest BCUT2D eigenvalue weighted by Crippen LogP contribution is -2.48. The van der Waals surface area contributed by atoms with E-state index in [0.717, 1.165) is 12.2 Å². The van der Waals surface area contributed by atoms with Gasteiger partial charge < -0.3 is 11.5 Å². The molecule has 0 fully saturated rings. The molecular weight excluding hydrogens is 152 g/mol. The molecule has 0 aliphatic carbocycles. The largest absolute Gasteiger partial charge is 0.398 e. The molecule has 1 rings (SSSR count). The van der Waals surface area contributed by atoms with E-state index < -0.39 is 0 Å².